The van der Waals surface area contributed by atoms with Crippen LogP contribution in [0.25, 0.3) is 0 Å². The molecular weight excluding hydrogens is 246 g/mol. The highest BCUT2D eigenvalue weighted by molar-refractivity contribution is 5.95. The lowest BCUT2D eigenvalue weighted by atomic mass is 10.1. The van der Waals surface area contributed by atoms with Crippen LogP contribution < -0.4 is 9.64 Å². The van der Waals surface area contributed by atoms with Crippen LogP contribution in [-0.4, -0.2) is 31.7 Å². The molecule has 5 heteroatoms. The highest BCUT2D eigenvalue weighted by Crippen LogP contribution is 2.37. The molecule has 100 valence electrons. The standard InChI is InChI=1S/C14H15NO4/c1-4-18-14-12(8-16)15(3)11-6-5-10(9(2)17)7-13(11)19-14/h5-7,14H,4H2,1-3H3. The number of ketones is 1. The van der Waals surface area contributed by atoms with Gasteiger partial charge in [0.2, 0.25) is 0 Å². The zero-order chi connectivity index (χ0) is 14.0. The number of benzene rings is 1. The van der Waals surface area contributed by atoms with Gasteiger partial charge in [0.05, 0.1) is 5.69 Å². The lowest BCUT2D eigenvalue weighted by Gasteiger charge is -2.33. The molecule has 0 bridgehead atoms. The van der Waals surface area contributed by atoms with Crippen LogP contribution in [0, 0.1) is 0 Å². The first kappa shape index (κ1) is 13.3. The van der Waals surface area contributed by atoms with E-state index in [1.165, 1.54) is 6.92 Å². The van der Waals surface area contributed by atoms with Crippen LogP contribution in [-0.2, 0) is 9.53 Å². The van der Waals surface area contributed by atoms with Gasteiger partial charge < -0.3 is 14.4 Å². The highest BCUT2D eigenvalue weighted by atomic mass is 16.7. The van der Waals surface area contributed by atoms with Crippen LogP contribution in [0.5, 0.6) is 5.75 Å². The molecular formula is C14H15NO4. The number of ether oxygens (including phenoxy) is 2. The zero-order valence-electron chi connectivity index (χ0n) is 11.1. The first-order valence-corrected chi connectivity index (χ1v) is 6.00. The molecule has 1 aromatic rings. The number of anilines is 1. The Morgan fingerprint density at radius 2 is 2.26 bits per heavy atom. The van der Waals surface area contributed by atoms with E-state index in [1.54, 1.807) is 30.1 Å². The Balaban J connectivity index is 2.46. The summed E-state index contributed by atoms with van der Waals surface area (Å²) in [6.45, 7) is 3.71. The van der Waals surface area contributed by atoms with E-state index in [4.69, 9.17) is 9.47 Å². The van der Waals surface area contributed by atoms with Crippen LogP contribution >= 0.6 is 0 Å². The van der Waals surface area contributed by atoms with Crippen molar-refractivity contribution in [2.45, 2.75) is 20.1 Å². The molecule has 1 aliphatic rings. The Morgan fingerprint density at radius 1 is 1.53 bits per heavy atom. The van der Waals surface area contributed by atoms with Gasteiger partial charge in [0.25, 0.3) is 6.29 Å². The van der Waals surface area contributed by atoms with Gasteiger partial charge in [-0.05, 0) is 32.0 Å². The summed E-state index contributed by atoms with van der Waals surface area (Å²) in [6, 6.07) is 5.10. The molecule has 1 atom stereocenters. The minimum Gasteiger partial charge on any atom is -0.456 e. The third-order valence-electron chi connectivity index (χ3n) is 2.97. The molecule has 1 unspecified atom stereocenters. The number of likely N-dealkylation sites (N-methyl/N-ethyl adjacent to an activating group) is 1. The van der Waals surface area contributed by atoms with Crippen LogP contribution in [0.15, 0.2) is 23.9 Å². The lowest BCUT2D eigenvalue weighted by Crippen LogP contribution is -2.37. The van der Waals surface area contributed by atoms with E-state index in [2.05, 4.69) is 0 Å². The summed E-state index contributed by atoms with van der Waals surface area (Å²) in [4.78, 5) is 24.1. The minimum absolute atomic E-state index is 0.0428. The van der Waals surface area contributed by atoms with Crippen LogP contribution in [0.4, 0.5) is 5.69 Å². The van der Waals surface area contributed by atoms with Crippen LogP contribution in [0.2, 0.25) is 0 Å². The summed E-state index contributed by atoms with van der Waals surface area (Å²) in [5.74, 6) is 2.32. The summed E-state index contributed by atoms with van der Waals surface area (Å²) in [5.41, 5.74) is 1.55. The van der Waals surface area contributed by atoms with Crippen molar-refractivity contribution in [3.05, 3.63) is 29.5 Å². The van der Waals surface area contributed by atoms with Crippen molar-refractivity contribution in [2.75, 3.05) is 18.6 Å². The number of fused-ring (bicyclic) bond motifs is 1. The first-order chi connectivity index (χ1) is 9.08. The fraction of sp³-hybridized carbons (Fsp3) is 0.357. The average molecular weight is 261 g/mol. The van der Waals surface area contributed by atoms with E-state index in [0.717, 1.165) is 0 Å². The lowest BCUT2D eigenvalue weighted by molar-refractivity contribution is -0.0523. The maximum atomic E-state index is 11.4. The van der Waals surface area contributed by atoms with E-state index in [9.17, 15) is 9.59 Å². The van der Waals surface area contributed by atoms with Gasteiger partial charge in [-0.15, -0.1) is 0 Å². The Kier molecular flexibility index (Phi) is 3.69. The molecule has 0 saturated heterocycles. The number of hydrogen-bond acceptors (Lipinski definition) is 5. The van der Waals surface area contributed by atoms with Crippen molar-refractivity contribution in [3.8, 4) is 5.75 Å². The Hall–Kier alpha value is -2.10. The van der Waals surface area contributed by atoms with Crippen molar-refractivity contribution >= 4 is 17.4 Å². The molecule has 0 radical (unpaired) electrons. The molecule has 2 rings (SSSR count). The molecule has 1 aromatic carbocycles. The Labute approximate surface area is 111 Å². The SMILES string of the molecule is CCOC1Oc2cc(C(C)=O)ccc2N(C)C1=C=O. The second kappa shape index (κ2) is 5.26. The van der Waals surface area contributed by atoms with Gasteiger partial charge >= 0.3 is 0 Å². The van der Waals surface area contributed by atoms with Crippen LogP contribution in [0.1, 0.15) is 24.2 Å². The largest absolute Gasteiger partial charge is 0.456 e. The van der Waals surface area contributed by atoms with Crippen molar-refractivity contribution in [1.82, 2.24) is 0 Å². The van der Waals surface area contributed by atoms with E-state index < -0.39 is 6.29 Å². The molecule has 0 aliphatic carbocycles. The molecule has 0 saturated carbocycles. The topological polar surface area (TPSA) is 55.8 Å². The zero-order valence-corrected chi connectivity index (χ0v) is 11.1. The summed E-state index contributed by atoms with van der Waals surface area (Å²) in [5, 5.41) is 0. The molecule has 0 spiro atoms. The van der Waals surface area contributed by atoms with E-state index in [-0.39, 0.29) is 11.5 Å². The number of Topliss-reactive ketones (excluding diaryl/α,β-unsaturated/α-hetero) is 1. The highest BCUT2D eigenvalue weighted by Gasteiger charge is 2.30. The number of nitrogens with zero attached hydrogens (tertiary/aromatic N) is 1. The molecule has 0 fully saturated rings. The maximum Gasteiger partial charge on any atom is 0.252 e. The predicted octanol–water partition coefficient (Wildman–Crippen LogP) is 1.80. The van der Waals surface area contributed by atoms with Gasteiger partial charge in [-0.2, -0.15) is 0 Å². The average Bonchev–Trinajstić information content (AvgIpc) is 2.39. The minimum atomic E-state index is -0.790. The second-order valence-electron chi connectivity index (χ2n) is 4.19. The Bertz CT molecular complexity index is 561. The maximum absolute atomic E-state index is 11.4. The van der Waals surface area contributed by atoms with Gasteiger partial charge in [-0.1, -0.05) is 0 Å². The molecule has 0 aromatic heterocycles. The molecule has 19 heavy (non-hydrogen) atoms. The van der Waals surface area contributed by atoms with Gasteiger partial charge in [-0.3, -0.25) is 4.79 Å². The third kappa shape index (κ3) is 2.38. The molecule has 0 N–H and O–H groups in total. The van der Waals surface area contributed by atoms with E-state index in [1.807, 2.05) is 12.9 Å². The molecule has 0 amide bonds. The van der Waals surface area contributed by atoms with Crippen molar-refractivity contribution in [3.63, 3.8) is 0 Å². The molecule has 5 nitrogen and oxygen atoms in total. The van der Waals surface area contributed by atoms with Crippen molar-refractivity contribution in [2.24, 2.45) is 0 Å². The number of carbonyl (C=O) groups excluding carboxylic acids is 2. The molecule has 1 aliphatic heterocycles. The van der Waals surface area contributed by atoms with Crippen molar-refractivity contribution in [1.29, 1.82) is 0 Å². The van der Waals surface area contributed by atoms with Gasteiger partial charge in [-0.25, -0.2) is 4.79 Å². The van der Waals surface area contributed by atoms with Crippen molar-refractivity contribution < 1.29 is 19.1 Å². The molecule has 1 heterocycles. The summed E-state index contributed by atoms with van der Waals surface area (Å²) >= 11 is 0. The van der Waals surface area contributed by atoms with E-state index in [0.29, 0.717) is 23.6 Å². The Morgan fingerprint density at radius 3 is 2.84 bits per heavy atom. The number of hydrogen-bond donors (Lipinski definition) is 0. The van der Waals surface area contributed by atoms with Crippen LogP contribution in [0.3, 0.4) is 0 Å². The first-order valence-electron chi connectivity index (χ1n) is 6.00. The quantitative estimate of drug-likeness (QED) is 0.613. The third-order valence-corrected chi connectivity index (χ3v) is 2.97. The van der Waals surface area contributed by atoms with Gasteiger partial charge in [0.1, 0.15) is 5.75 Å². The van der Waals surface area contributed by atoms with Gasteiger partial charge in [0, 0.05) is 19.2 Å². The monoisotopic (exact) mass is 261 g/mol. The fourth-order valence-electron chi connectivity index (χ4n) is 1.94. The van der Waals surface area contributed by atoms with Gasteiger partial charge in [0.15, 0.2) is 17.4 Å². The number of carbonyl (C=O) groups is 1. The summed E-state index contributed by atoms with van der Waals surface area (Å²) in [7, 11) is 1.74. The summed E-state index contributed by atoms with van der Waals surface area (Å²) in [6.07, 6.45) is -0.790. The normalized spacial score (nSPS) is 17.5. The number of rotatable bonds is 3. The fourth-order valence-corrected chi connectivity index (χ4v) is 1.94. The van der Waals surface area contributed by atoms with E-state index >= 15 is 0 Å². The second-order valence-corrected chi connectivity index (χ2v) is 4.19. The summed E-state index contributed by atoms with van der Waals surface area (Å²) < 4.78 is 11.0. The smallest absolute Gasteiger partial charge is 0.252 e. The predicted molar refractivity (Wildman–Crippen MR) is 70.1 cm³/mol.